The van der Waals surface area contributed by atoms with Crippen molar-refractivity contribution >= 4 is 29.1 Å². The van der Waals surface area contributed by atoms with Gasteiger partial charge in [-0.1, -0.05) is 41.4 Å². The lowest BCUT2D eigenvalue weighted by molar-refractivity contribution is -0.127. The monoisotopic (exact) mass is 552 g/mol. The van der Waals surface area contributed by atoms with Crippen LogP contribution in [0.25, 0.3) is 11.1 Å². The standard InChI is InChI=1S/C31H34Cl2N2O3/c1-21(36)35(2)16-6-5-7-22-17-29(33)23(18-28(22)32)20-37-31(13-14-31)27-19-34-15-12-25(27)26-8-3-4-9-30(26)38-24-10-11-24/h3-4,8-9,12,15,17-19,24H,5-7,10-11,13-14,16,20H2,1-2H3. The molecule has 1 heterocycles. The molecule has 7 heteroatoms. The molecular weight excluding hydrogens is 519 g/mol. The average molecular weight is 554 g/mol. The average Bonchev–Trinajstić information content (AvgIpc) is 3.85. The maximum atomic E-state index is 11.4. The molecule has 3 aromatic rings. The third kappa shape index (κ3) is 6.33. The zero-order chi connectivity index (χ0) is 26.7. The fourth-order valence-corrected chi connectivity index (χ4v) is 5.25. The van der Waals surface area contributed by atoms with Gasteiger partial charge in [-0.2, -0.15) is 0 Å². The predicted octanol–water partition coefficient (Wildman–Crippen LogP) is 7.60. The second-order valence-corrected chi connectivity index (χ2v) is 11.3. The van der Waals surface area contributed by atoms with Crippen molar-refractivity contribution < 1.29 is 14.3 Å². The van der Waals surface area contributed by atoms with E-state index in [4.69, 9.17) is 32.7 Å². The van der Waals surface area contributed by atoms with E-state index in [-0.39, 0.29) is 5.91 Å². The van der Waals surface area contributed by atoms with E-state index in [0.29, 0.717) is 22.8 Å². The lowest BCUT2D eigenvalue weighted by Crippen LogP contribution is -2.24. The molecule has 2 aromatic carbocycles. The molecule has 0 unspecified atom stereocenters. The summed E-state index contributed by atoms with van der Waals surface area (Å²) in [4.78, 5) is 17.6. The zero-order valence-corrected chi connectivity index (χ0v) is 23.5. The molecule has 5 nitrogen and oxygen atoms in total. The maximum Gasteiger partial charge on any atom is 0.219 e. The molecular formula is C31H34Cl2N2O3. The van der Waals surface area contributed by atoms with Gasteiger partial charge in [0.15, 0.2) is 0 Å². The summed E-state index contributed by atoms with van der Waals surface area (Å²) in [6, 6.07) is 14.2. The quantitative estimate of drug-likeness (QED) is 0.217. The molecule has 2 saturated carbocycles. The number of benzene rings is 2. The normalized spacial score (nSPS) is 15.8. The minimum atomic E-state index is -0.395. The van der Waals surface area contributed by atoms with Crippen molar-refractivity contribution in [2.24, 2.45) is 0 Å². The minimum Gasteiger partial charge on any atom is -0.490 e. The number of nitrogens with zero attached hydrogens (tertiary/aromatic N) is 2. The Hall–Kier alpha value is -2.60. The summed E-state index contributed by atoms with van der Waals surface area (Å²) >= 11 is 13.3. The van der Waals surface area contributed by atoms with Crippen molar-refractivity contribution in [3.63, 3.8) is 0 Å². The summed E-state index contributed by atoms with van der Waals surface area (Å²) in [7, 11) is 1.82. The van der Waals surface area contributed by atoms with E-state index in [1.165, 1.54) is 0 Å². The van der Waals surface area contributed by atoms with Crippen molar-refractivity contribution in [3.05, 3.63) is 81.6 Å². The summed E-state index contributed by atoms with van der Waals surface area (Å²) in [5.41, 5.74) is 4.77. The van der Waals surface area contributed by atoms with Crippen LogP contribution in [0.15, 0.2) is 54.9 Å². The van der Waals surface area contributed by atoms with Gasteiger partial charge in [0.1, 0.15) is 5.75 Å². The van der Waals surface area contributed by atoms with Gasteiger partial charge in [-0.15, -0.1) is 0 Å². The number of rotatable bonds is 12. The first-order chi connectivity index (χ1) is 18.4. The molecule has 0 bridgehead atoms. The number of hydrogen-bond donors (Lipinski definition) is 0. The Bertz CT molecular complexity index is 1300. The molecule has 2 aliphatic carbocycles. The Labute approximate surface area is 235 Å². The lowest BCUT2D eigenvalue weighted by Gasteiger charge is -2.22. The Morgan fingerprint density at radius 1 is 1.05 bits per heavy atom. The Morgan fingerprint density at radius 3 is 2.53 bits per heavy atom. The van der Waals surface area contributed by atoms with Gasteiger partial charge in [-0.25, -0.2) is 0 Å². The fraction of sp³-hybridized carbons (Fsp3) is 0.419. The molecule has 2 fully saturated rings. The number of carbonyl (C=O) groups excluding carboxylic acids is 1. The second kappa shape index (κ2) is 11.6. The van der Waals surface area contributed by atoms with Crippen LogP contribution < -0.4 is 4.74 Å². The Balaban J connectivity index is 1.27. The summed E-state index contributed by atoms with van der Waals surface area (Å²) in [5, 5.41) is 1.36. The van der Waals surface area contributed by atoms with E-state index in [0.717, 1.165) is 85.1 Å². The number of amides is 1. The number of aryl methyl sites for hydroxylation is 1. The number of unbranched alkanes of at least 4 members (excludes halogenated alkanes) is 1. The fourth-order valence-electron chi connectivity index (χ4n) is 4.72. The van der Waals surface area contributed by atoms with E-state index in [2.05, 4.69) is 17.1 Å². The van der Waals surface area contributed by atoms with Gasteiger partial charge in [0.05, 0.1) is 18.3 Å². The number of halogens is 2. The van der Waals surface area contributed by atoms with Crippen LogP contribution in [-0.2, 0) is 28.2 Å². The number of para-hydroxylation sites is 1. The van der Waals surface area contributed by atoms with Gasteiger partial charge < -0.3 is 14.4 Å². The molecule has 1 amide bonds. The molecule has 2 aliphatic rings. The van der Waals surface area contributed by atoms with Crippen LogP contribution in [0.5, 0.6) is 5.75 Å². The highest BCUT2D eigenvalue weighted by atomic mass is 35.5. The van der Waals surface area contributed by atoms with Crippen LogP contribution in [0.2, 0.25) is 10.0 Å². The molecule has 0 atom stereocenters. The summed E-state index contributed by atoms with van der Waals surface area (Å²) in [6.07, 6.45) is 10.8. The molecule has 0 spiro atoms. The number of pyridine rings is 1. The molecule has 0 radical (unpaired) electrons. The molecule has 0 saturated heterocycles. The highest BCUT2D eigenvalue weighted by molar-refractivity contribution is 6.34. The highest BCUT2D eigenvalue weighted by Gasteiger charge is 2.47. The van der Waals surface area contributed by atoms with E-state index in [1.54, 1.807) is 11.8 Å². The van der Waals surface area contributed by atoms with Crippen LogP contribution in [-0.4, -0.2) is 35.5 Å². The van der Waals surface area contributed by atoms with Crippen LogP contribution >= 0.6 is 23.2 Å². The largest absolute Gasteiger partial charge is 0.490 e. The van der Waals surface area contributed by atoms with Crippen LogP contribution in [0.1, 0.15) is 62.1 Å². The number of carbonyl (C=O) groups is 1. The second-order valence-electron chi connectivity index (χ2n) is 10.5. The summed E-state index contributed by atoms with van der Waals surface area (Å²) in [6.45, 7) is 2.69. The van der Waals surface area contributed by atoms with Crippen LogP contribution in [0.4, 0.5) is 0 Å². The van der Waals surface area contributed by atoms with Crippen LogP contribution in [0.3, 0.4) is 0 Å². The highest BCUT2D eigenvalue weighted by Crippen LogP contribution is 2.53. The van der Waals surface area contributed by atoms with Crippen molar-refractivity contribution in [1.82, 2.24) is 9.88 Å². The van der Waals surface area contributed by atoms with Crippen LogP contribution in [0, 0.1) is 0 Å². The van der Waals surface area contributed by atoms with Gasteiger partial charge in [0, 0.05) is 54.1 Å². The molecule has 1 aromatic heterocycles. The van der Waals surface area contributed by atoms with E-state index >= 15 is 0 Å². The zero-order valence-electron chi connectivity index (χ0n) is 22.0. The van der Waals surface area contributed by atoms with E-state index in [1.807, 2.05) is 49.8 Å². The third-order valence-electron chi connectivity index (χ3n) is 7.46. The summed E-state index contributed by atoms with van der Waals surface area (Å²) < 4.78 is 12.8. The van der Waals surface area contributed by atoms with Crippen molar-refractivity contribution in [3.8, 4) is 16.9 Å². The van der Waals surface area contributed by atoms with Gasteiger partial charge in [0.25, 0.3) is 0 Å². The first-order valence-electron chi connectivity index (χ1n) is 13.4. The molecule has 5 rings (SSSR count). The smallest absolute Gasteiger partial charge is 0.219 e. The molecule has 0 N–H and O–H groups in total. The van der Waals surface area contributed by atoms with Gasteiger partial charge in [0.2, 0.25) is 5.91 Å². The SMILES string of the molecule is CC(=O)N(C)CCCCc1cc(Cl)c(COC2(c3cnccc3-c3ccccc3OC3CC3)CC2)cc1Cl. The van der Waals surface area contributed by atoms with E-state index < -0.39 is 5.60 Å². The minimum absolute atomic E-state index is 0.0815. The first kappa shape index (κ1) is 27.0. The molecule has 0 aliphatic heterocycles. The number of hydrogen-bond acceptors (Lipinski definition) is 4. The topological polar surface area (TPSA) is 51.7 Å². The number of aromatic nitrogens is 1. The van der Waals surface area contributed by atoms with Gasteiger partial charge in [-0.3, -0.25) is 9.78 Å². The first-order valence-corrected chi connectivity index (χ1v) is 14.1. The van der Waals surface area contributed by atoms with Crippen molar-refractivity contribution in [2.75, 3.05) is 13.6 Å². The Morgan fingerprint density at radius 2 is 1.79 bits per heavy atom. The van der Waals surface area contributed by atoms with Crippen molar-refractivity contribution in [1.29, 1.82) is 0 Å². The number of ether oxygens (including phenoxy) is 2. The molecule has 38 heavy (non-hydrogen) atoms. The Kier molecular flexibility index (Phi) is 8.27. The van der Waals surface area contributed by atoms with Gasteiger partial charge in [-0.05, 0) is 85.9 Å². The third-order valence-corrected chi connectivity index (χ3v) is 8.16. The summed E-state index contributed by atoms with van der Waals surface area (Å²) in [5.74, 6) is 0.995. The molecule has 200 valence electrons. The maximum absolute atomic E-state index is 11.4. The predicted molar refractivity (Wildman–Crippen MR) is 152 cm³/mol. The van der Waals surface area contributed by atoms with E-state index in [9.17, 15) is 4.79 Å². The van der Waals surface area contributed by atoms with Crippen molar-refractivity contribution in [2.45, 2.75) is 70.2 Å². The lowest BCUT2D eigenvalue weighted by atomic mass is 9.96. The van der Waals surface area contributed by atoms with Gasteiger partial charge >= 0.3 is 0 Å².